The predicted molar refractivity (Wildman–Crippen MR) is 102 cm³/mol. The summed E-state index contributed by atoms with van der Waals surface area (Å²) >= 11 is 0. The van der Waals surface area contributed by atoms with Gasteiger partial charge in [-0.3, -0.25) is 9.79 Å². The highest BCUT2D eigenvalue weighted by Gasteiger charge is 2.31. The lowest BCUT2D eigenvalue weighted by Crippen LogP contribution is -2.25. The van der Waals surface area contributed by atoms with Crippen LogP contribution >= 0.6 is 0 Å². The van der Waals surface area contributed by atoms with Gasteiger partial charge in [-0.25, -0.2) is 0 Å². The number of amides is 1. The van der Waals surface area contributed by atoms with Gasteiger partial charge in [-0.15, -0.1) is 0 Å². The Bertz CT molecular complexity index is 731. The molecule has 0 bridgehead atoms. The first-order valence-electron chi connectivity index (χ1n) is 9.21. The summed E-state index contributed by atoms with van der Waals surface area (Å²) in [4.78, 5) is 17.4. The van der Waals surface area contributed by atoms with E-state index in [9.17, 15) is 4.79 Å². The van der Waals surface area contributed by atoms with Crippen LogP contribution in [-0.4, -0.2) is 31.3 Å². The van der Waals surface area contributed by atoms with E-state index in [-0.39, 0.29) is 11.9 Å². The fourth-order valence-corrected chi connectivity index (χ4v) is 4.06. The third kappa shape index (κ3) is 3.78. The van der Waals surface area contributed by atoms with Crippen LogP contribution in [-0.2, 0) is 11.2 Å². The van der Waals surface area contributed by atoms with Gasteiger partial charge in [0.15, 0.2) is 0 Å². The Balaban J connectivity index is 2.10. The van der Waals surface area contributed by atoms with Gasteiger partial charge in [0, 0.05) is 30.3 Å². The standard InChI is InChI=1S/C21H28N2O2/c1-13(2)23-14(3)11-19-20-15(9-10-22-21(19)24)5-6-16-12-17(25-4)7-8-18(16)20/h7-8,12-13,15H,5-6,9-11H2,1-4H3,(H,22,24). The smallest absolute Gasteiger partial charge is 0.247 e. The fraction of sp³-hybridized carbons (Fsp3) is 0.524. The van der Waals surface area contributed by atoms with Crippen LogP contribution in [0.4, 0.5) is 0 Å². The number of nitrogens with zero attached hydrogens (tertiary/aromatic N) is 1. The van der Waals surface area contributed by atoms with Crippen molar-refractivity contribution in [3.8, 4) is 5.75 Å². The number of carbonyl (C=O) groups is 1. The van der Waals surface area contributed by atoms with Crippen LogP contribution in [0.25, 0.3) is 5.57 Å². The number of aliphatic imine (C=N–C) groups is 1. The van der Waals surface area contributed by atoms with Crippen LogP contribution in [0.3, 0.4) is 0 Å². The molecule has 4 nitrogen and oxygen atoms in total. The molecule has 0 radical (unpaired) electrons. The van der Waals surface area contributed by atoms with Gasteiger partial charge in [0.2, 0.25) is 5.91 Å². The second-order valence-electron chi connectivity index (χ2n) is 7.33. The average Bonchev–Trinajstić information content (AvgIpc) is 2.73. The maximum Gasteiger partial charge on any atom is 0.247 e. The summed E-state index contributed by atoms with van der Waals surface area (Å²) in [5.74, 6) is 1.40. The zero-order chi connectivity index (χ0) is 18.0. The van der Waals surface area contributed by atoms with Crippen molar-refractivity contribution in [1.29, 1.82) is 0 Å². The SMILES string of the molecule is COc1ccc2c(c1)CCC1CCNC(=O)C(CC(C)=NC(C)C)=C21. The summed E-state index contributed by atoms with van der Waals surface area (Å²) in [5.41, 5.74) is 5.67. The Labute approximate surface area is 150 Å². The number of hydrogen-bond donors (Lipinski definition) is 1. The van der Waals surface area contributed by atoms with Crippen molar-refractivity contribution < 1.29 is 9.53 Å². The summed E-state index contributed by atoms with van der Waals surface area (Å²) in [6.07, 6.45) is 3.77. The van der Waals surface area contributed by atoms with Crippen LogP contribution < -0.4 is 10.1 Å². The third-order valence-electron chi connectivity index (χ3n) is 5.06. The first-order valence-corrected chi connectivity index (χ1v) is 9.21. The van der Waals surface area contributed by atoms with E-state index in [0.717, 1.165) is 42.8 Å². The monoisotopic (exact) mass is 340 g/mol. The number of fused-ring (bicyclic) bond motifs is 3. The lowest BCUT2D eigenvalue weighted by Gasteiger charge is -2.28. The molecule has 1 heterocycles. The highest BCUT2D eigenvalue weighted by Crippen LogP contribution is 2.42. The minimum atomic E-state index is 0.0690. The molecule has 1 amide bonds. The molecule has 0 spiro atoms. The number of hydrogen-bond acceptors (Lipinski definition) is 3. The van der Waals surface area contributed by atoms with Gasteiger partial charge in [0.05, 0.1) is 7.11 Å². The minimum absolute atomic E-state index is 0.0690. The highest BCUT2D eigenvalue weighted by molar-refractivity contribution is 6.07. The van der Waals surface area contributed by atoms with Gasteiger partial charge in [-0.2, -0.15) is 0 Å². The lowest BCUT2D eigenvalue weighted by molar-refractivity contribution is -0.117. The zero-order valence-electron chi connectivity index (χ0n) is 15.7. The molecular weight excluding hydrogens is 312 g/mol. The zero-order valence-corrected chi connectivity index (χ0v) is 15.7. The van der Waals surface area contributed by atoms with Crippen LogP contribution in [0.2, 0.25) is 0 Å². The fourth-order valence-electron chi connectivity index (χ4n) is 4.06. The lowest BCUT2D eigenvalue weighted by atomic mass is 9.75. The summed E-state index contributed by atoms with van der Waals surface area (Å²) in [6, 6.07) is 6.50. The second kappa shape index (κ2) is 7.42. The van der Waals surface area contributed by atoms with Crippen molar-refractivity contribution in [3.05, 3.63) is 34.9 Å². The molecule has 25 heavy (non-hydrogen) atoms. The van der Waals surface area contributed by atoms with Gasteiger partial charge in [-0.05, 0) is 74.8 Å². The van der Waals surface area contributed by atoms with Crippen LogP contribution in [0.1, 0.15) is 51.2 Å². The Hall–Kier alpha value is -2.10. The Kier molecular flexibility index (Phi) is 5.26. The molecule has 1 aromatic carbocycles. The van der Waals surface area contributed by atoms with E-state index in [1.807, 2.05) is 13.0 Å². The van der Waals surface area contributed by atoms with E-state index in [4.69, 9.17) is 4.74 Å². The Morgan fingerprint density at radius 3 is 2.88 bits per heavy atom. The molecule has 1 aliphatic carbocycles. The summed E-state index contributed by atoms with van der Waals surface area (Å²) in [7, 11) is 1.70. The molecule has 0 aromatic heterocycles. The van der Waals surface area contributed by atoms with Gasteiger partial charge in [-0.1, -0.05) is 6.07 Å². The quantitative estimate of drug-likeness (QED) is 0.848. The number of nitrogens with one attached hydrogen (secondary N) is 1. The molecular formula is C21H28N2O2. The van der Waals surface area contributed by atoms with Gasteiger partial charge >= 0.3 is 0 Å². The van der Waals surface area contributed by atoms with Crippen LogP contribution in [0.15, 0.2) is 28.8 Å². The number of benzene rings is 1. The number of aryl methyl sites for hydroxylation is 1. The van der Waals surface area contributed by atoms with E-state index in [0.29, 0.717) is 12.3 Å². The van der Waals surface area contributed by atoms with Crippen LogP contribution in [0.5, 0.6) is 5.75 Å². The van der Waals surface area contributed by atoms with E-state index >= 15 is 0 Å². The Morgan fingerprint density at radius 1 is 1.36 bits per heavy atom. The van der Waals surface area contributed by atoms with Gasteiger partial charge in [0.1, 0.15) is 5.75 Å². The largest absolute Gasteiger partial charge is 0.497 e. The molecule has 3 rings (SSSR count). The van der Waals surface area contributed by atoms with Crippen molar-refractivity contribution in [2.45, 2.75) is 52.5 Å². The topological polar surface area (TPSA) is 50.7 Å². The number of carbonyl (C=O) groups excluding carboxylic acids is 1. The highest BCUT2D eigenvalue weighted by atomic mass is 16.5. The van der Waals surface area contributed by atoms with Crippen molar-refractivity contribution in [2.75, 3.05) is 13.7 Å². The first-order chi connectivity index (χ1) is 12.0. The molecule has 0 saturated carbocycles. The first kappa shape index (κ1) is 17.7. The van der Waals surface area contributed by atoms with E-state index in [1.54, 1.807) is 7.11 Å². The normalized spacial score (nSPS) is 20.8. The molecule has 1 aromatic rings. The number of rotatable bonds is 4. The van der Waals surface area contributed by atoms with Gasteiger partial charge < -0.3 is 10.1 Å². The minimum Gasteiger partial charge on any atom is -0.497 e. The second-order valence-corrected chi connectivity index (χ2v) is 7.33. The number of allylic oxidation sites excluding steroid dienone is 1. The molecule has 0 fully saturated rings. The molecule has 134 valence electrons. The van der Waals surface area contributed by atoms with E-state index < -0.39 is 0 Å². The average molecular weight is 340 g/mol. The van der Waals surface area contributed by atoms with Gasteiger partial charge in [0.25, 0.3) is 0 Å². The summed E-state index contributed by atoms with van der Waals surface area (Å²) in [6.45, 7) is 6.92. The summed E-state index contributed by atoms with van der Waals surface area (Å²) < 4.78 is 5.38. The molecule has 4 heteroatoms. The molecule has 1 N–H and O–H groups in total. The molecule has 1 aliphatic heterocycles. The maximum absolute atomic E-state index is 12.8. The molecule has 1 atom stereocenters. The number of ether oxygens (including phenoxy) is 1. The van der Waals surface area contributed by atoms with E-state index in [1.165, 1.54) is 16.7 Å². The van der Waals surface area contributed by atoms with Crippen molar-refractivity contribution in [2.24, 2.45) is 10.9 Å². The molecule has 2 aliphatic rings. The van der Waals surface area contributed by atoms with Crippen molar-refractivity contribution in [3.63, 3.8) is 0 Å². The molecule has 0 saturated heterocycles. The summed E-state index contributed by atoms with van der Waals surface area (Å²) in [5, 5.41) is 3.09. The predicted octanol–water partition coefficient (Wildman–Crippen LogP) is 3.79. The maximum atomic E-state index is 12.8. The van der Waals surface area contributed by atoms with Crippen molar-refractivity contribution in [1.82, 2.24) is 5.32 Å². The van der Waals surface area contributed by atoms with E-state index in [2.05, 4.69) is 36.3 Å². The molecule has 1 unspecified atom stereocenters. The number of methoxy groups -OCH3 is 1. The third-order valence-corrected chi connectivity index (χ3v) is 5.06. The van der Waals surface area contributed by atoms with Crippen LogP contribution in [0, 0.1) is 5.92 Å². The van der Waals surface area contributed by atoms with Crippen molar-refractivity contribution >= 4 is 17.2 Å². The Morgan fingerprint density at radius 2 is 2.16 bits per heavy atom.